The Bertz CT molecular complexity index is 422. The summed E-state index contributed by atoms with van der Waals surface area (Å²) in [5.41, 5.74) is 0.614. The number of pyridine rings is 1. The highest BCUT2D eigenvalue weighted by Gasteiger charge is 2.11. The van der Waals surface area contributed by atoms with E-state index in [4.69, 9.17) is 0 Å². The minimum Gasteiger partial charge on any atom is -0.468 e. The first-order valence-electron chi connectivity index (χ1n) is 4.35. The molecular weight excluding hydrogens is 232 g/mol. The lowest BCUT2D eigenvalue weighted by molar-refractivity contribution is -0.385. The molecule has 0 N–H and O–H groups in total. The van der Waals surface area contributed by atoms with Gasteiger partial charge in [0.1, 0.15) is 6.20 Å². The topological polar surface area (TPSA) is 82.3 Å². The zero-order valence-corrected chi connectivity index (χ0v) is 9.61. The second-order valence-electron chi connectivity index (χ2n) is 2.94. The number of hydrogen-bond acceptors (Lipinski definition) is 6. The van der Waals surface area contributed by atoms with Gasteiger partial charge in [0, 0.05) is 6.07 Å². The van der Waals surface area contributed by atoms with Crippen LogP contribution in [-0.4, -0.2) is 28.7 Å². The van der Waals surface area contributed by atoms with Gasteiger partial charge in [-0.05, 0) is 12.5 Å². The van der Waals surface area contributed by atoms with Crippen LogP contribution in [-0.2, 0) is 9.53 Å². The minimum absolute atomic E-state index is 0.0556. The molecule has 1 heterocycles. The number of esters is 1. The van der Waals surface area contributed by atoms with E-state index in [1.165, 1.54) is 31.1 Å². The number of carbonyl (C=O) groups excluding carboxylic acids is 1. The Morgan fingerprint density at radius 1 is 1.69 bits per heavy atom. The van der Waals surface area contributed by atoms with Crippen molar-refractivity contribution < 1.29 is 14.5 Å². The molecule has 0 saturated heterocycles. The van der Waals surface area contributed by atoms with Crippen LogP contribution in [0.1, 0.15) is 5.56 Å². The number of ether oxygens (including phenoxy) is 1. The van der Waals surface area contributed by atoms with E-state index in [-0.39, 0.29) is 17.4 Å². The Hall–Kier alpha value is -1.63. The van der Waals surface area contributed by atoms with Crippen molar-refractivity contribution in [2.24, 2.45) is 0 Å². The highest BCUT2D eigenvalue weighted by atomic mass is 32.2. The standard InChI is InChI=1S/C9H10N2O4S/c1-6-3-7(11(13)14)4-10-9(6)16-5-8(12)15-2/h3-4H,5H2,1-2H3. The van der Waals surface area contributed by atoms with Crippen LogP contribution in [0.3, 0.4) is 0 Å². The highest BCUT2D eigenvalue weighted by molar-refractivity contribution is 7.99. The van der Waals surface area contributed by atoms with Gasteiger partial charge in [-0.25, -0.2) is 4.98 Å². The molecule has 0 unspecified atom stereocenters. The number of methoxy groups -OCH3 is 1. The van der Waals surface area contributed by atoms with Crippen LogP contribution in [0.25, 0.3) is 0 Å². The maximum Gasteiger partial charge on any atom is 0.316 e. The van der Waals surface area contributed by atoms with Crippen molar-refractivity contribution in [2.75, 3.05) is 12.9 Å². The quantitative estimate of drug-likeness (QED) is 0.345. The van der Waals surface area contributed by atoms with Gasteiger partial charge in [-0.3, -0.25) is 14.9 Å². The summed E-state index contributed by atoms with van der Waals surface area (Å²) in [5.74, 6) is -0.216. The Morgan fingerprint density at radius 2 is 2.38 bits per heavy atom. The van der Waals surface area contributed by atoms with Gasteiger partial charge >= 0.3 is 5.97 Å². The first kappa shape index (κ1) is 12.4. The van der Waals surface area contributed by atoms with Crippen LogP contribution in [0, 0.1) is 17.0 Å². The molecule has 0 aromatic carbocycles. The van der Waals surface area contributed by atoms with Crippen LogP contribution in [0.2, 0.25) is 0 Å². The van der Waals surface area contributed by atoms with Crippen LogP contribution in [0.5, 0.6) is 0 Å². The van der Waals surface area contributed by atoms with Gasteiger partial charge in [0.15, 0.2) is 0 Å². The van der Waals surface area contributed by atoms with Crippen LogP contribution in [0.15, 0.2) is 17.3 Å². The lowest BCUT2D eigenvalue weighted by atomic mass is 10.3. The van der Waals surface area contributed by atoms with Gasteiger partial charge in [0.25, 0.3) is 5.69 Å². The Balaban J connectivity index is 2.75. The molecule has 0 fully saturated rings. The predicted octanol–water partition coefficient (Wildman–Crippen LogP) is 1.56. The SMILES string of the molecule is COC(=O)CSc1ncc([N+](=O)[O-])cc1C. The molecule has 16 heavy (non-hydrogen) atoms. The predicted molar refractivity (Wildman–Crippen MR) is 58.4 cm³/mol. The molecule has 1 aromatic rings. The van der Waals surface area contributed by atoms with Crippen molar-refractivity contribution in [1.29, 1.82) is 0 Å². The molecule has 0 atom stereocenters. The van der Waals surface area contributed by atoms with Gasteiger partial charge in [0.2, 0.25) is 0 Å². The number of thioether (sulfide) groups is 1. The summed E-state index contributed by atoms with van der Waals surface area (Å²) in [6.45, 7) is 1.71. The second-order valence-corrected chi connectivity index (χ2v) is 3.90. The molecule has 7 heteroatoms. The lowest BCUT2D eigenvalue weighted by Crippen LogP contribution is -2.03. The number of hydrogen-bond donors (Lipinski definition) is 0. The molecule has 1 rings (SSSR count). The summed E-state index contributed by atoms with van der Waals surface area (Å²) < 4.78 is 4.48. The largest absolute Gasteiger partial charge is 0.468 e. The second kappa shape index (κ2) is 5.45. The minimum atomic E-state index is -0.505. The normalized spacial score (nSPS) is 9.88. The third kappa shape index (κ3) is 3.20. The third-order valence-electron chi connectivity index (χ3n) is 1.78. The molecule has 0 aliphatic heterocycles. The van der Waals surface area contributed by atoms with Gasteiger partial charge in [-0.1, -0.05) is 11.8 Å². The maximum atomic E-state index is 10.9. The fourth-order valence-corrected chi connectivity index (χ4v) is 1.77. The number of aryl methyl sites for hydroxylation is 1. The lowest BCUT2D eigenvalue weighted by Gasteiger charge is -2.02. The zero-order chi connectivity index (χ0) is 12.1. The van der Waals surface area contributed by atoms with Crippen molar-refractivity contribution in [3.05, 3.63) is 27.9 Å². The average molecular weight is 242 g/mol. The first-order valence-corrected chi connectivity index (χ1v) is 5.34. The number of rotatable bonds is 4. The molecule has 0 bridgehead atoms. The van der Waals surface area contributed by atoms with E-state index in [2.05, 4.69) is 9.72 Å². The number of nitrogens with zero attached hydrogens (tertiary/aromatic N) is 2. The molecule has 6 nitrogen and oxygen atoms in total. The van der Waals surface area contributed by atoms with Crippen LogP contribution in [0.4, 0.5) is 5.69 Å². The molecule has 0 spiro atoms. The fourth-order valence-electron chi connectivity index (χ4n) is 0.985. The monoisotopic (exact) mass is 242 g/mol. The summed E-state index contributed by atoms with van der Waals surface area (Å²) in [6.07, 6.45) is 1.17. The zero-order valence-electron chi connectivity index (χ0n) is 8.80. The van der Waals surface area contributed by atoms with Gasteiger partial charge < -0.3 is 4.74 Å². The molecule has 86 valence electrons. The van der Waals surface area contributed by atoms with Crippen LogP contribution >= 0.6 is 11.8 Å². The van der Waals surface area contributed by atoms with Crippen molar-refractivity contribution in [2.45, 2.75) is 11.9 Å². The molecule has 0 saturated carbocycles. The van der Waals surface area contributed by atoms with Gasteiger partial charge in [-0.15, -0.1) is 0 Å². The molecule has 0 aliphatic rings. The van der Waals surface area contributed by atoms with E-state index in [0.29, 0.717) is 10.6 Å². The number of carbonyl (C=O) groups is 1. The van der Waals surface area contributed by atoms with E-state index in [0.717, 1.165) is 0 Å². The van der Waals surface area contributed by atoms with Crippen molar-refractivity contribution in [1.82, 2.24) is 4.98 Å². The third-order valence-corrected chi connectivity index (χ3v) is 2.86. The molecule has 1 aromatic heterocycles. The van der Waals surface area contributed by atoms with Gasteiger partial charge in [-0.2, -0.15) is 0 Å². The maximum absolute atomic E-state index is 10.9. The van der Waals surface area contributed by atoms with E-state index >= 15 is 0 Å². The van der Waals surface area contributed by atoms with Crippen molar-refractivity contribution in [3.63, 3.8) is 0 Å². The fraction of sp³-hybridized carbons (Fsp3) is 0.333. The summed E-state index contributed by atoms with van der Waals surface area (Å²) in [7, 11) is 1.30. The van der Waals surface area contributed by atoms with Crippen molar-refractivity contribution in [3.8, 4) is 0 Å². The summed E-state index contributed by atoms with van der Waals surface area (Å²) in [5, 5.41) is 11.1. The summed E-state index contributed by atoms with van der Waals surface area (Å²) >= 11 is 1.19. The molecule has 0 aliphatic carbocycles. The Kier molecular flexibility index (Phi) is 4.24. The van der Waals surface area contributed by atoms with Crippen LogP contribution < -0.4 is 0 Å². The van der Waals surface area contributed by atoms with E-state index in [9.17, 15) is 14.9 Å². The Morgan fingerprint density at radius 3 is 2.88 bits per heavy atom. The summed E-state index contributed by atoms with van der Waals surface area (Å²) in [4.78, 5) is 24.8. The van der Waals surface area contributed by atoms with Gasteiger partial charge in [0.05, 0.1) is 22.8 Å². The molecular formula is C9H10N2O4S. The first-order chi connectivity index (χ1) is 7.54. The van der Waals surface area contributed by atoms with Crippen molar-refractivity contribution >= 4 is 23.4 Å². The Labute approximate surface area is 96.2 Å². The summed E-state index contributed by atoms with van der Waals surface area (Å²) in [6, 6.07) is 1.42. The molecule has 0 radical (unpaired) electrons. The molecule has 0 amide bonds. The average Bonchev–Trinajstić information content (AvgIpc) is 2.26. The smallest absolute Gasteiger partial charge is 0.316 e. The van der Waals surface area contributed by atoms with E-state index < -0.39 is 4.92 Å². The number of aromatic nitrogens is 1. The number of nitro groups is 1. The van der Waals surface area contributed by atoms with E-state index in [1.54, 1.807) is 6.92 Å². The highest BCUT2D eigenvalue weighted by Crippen LogP contribution is 2.23. The van der Waals surface area contributed by atoms with E-state index in [1.807, 2.05) is 0 Å².